The summed E-state index contributed by atoms with van der Waals surface area (Å²) in [5.74, 6) is 0.433. The van der Waals surface area contributed by atoms with Gasteiger partial charge in [-0.15, -0.1) is 0 Å². The Morgan fingerprint density at radius 1 is 1.53 bits per heavy atom. The van der Waals surface area contributed by atoms with Gasteiger partial charge in [0.2, 0.25) is 0 Å². The highest BCUT2D eigenvalue weighted by molar-refractivity contribution is 5.48. The zero-order valence-electron chi connectivity index (χ0n) is 10.7. The lowest BCUT2D eigenvalue weighted by molar-refractivity contribution is -0.387. The molecular formula is C11H16N4O4. The topological polar surface area (TPSA) is 99.4 Å². The highest BCUT2D eigenvalue weighted by Gasteiger charge is 2.25. The molecule has 8 nitrogen and oxygen atoms in total. The molecule has 0 saturated carbocycles. The van der Waals surface area contributed by atoms with Crippen LogP contribution in [0.1, 0.15) is 12.8 Å². The maximum Gasteiger partial charge on any atom is 0.392 e. The first-order valence-corrected chi connectivity index (χ1v) is 6.09. The number of methoxy groups -OCH3 is 1. The first-order valence-electron chi connectivity index (χ1n) is 6.09. The Morgan fingerprint density at radius 3 is 2.95 bits per heavy atom. The van der Waals surface area contributed by atoms with Crippen LogP contribution in [0.5, 0.6) is 11.8 Å². The third-order valence-corrected chi connectivity index (χ3v) is 3.06. The lowest BCUT2D eigenvalue weighted by atomic mass is 10.1. The monoisotopic (exact) mass is 268 g/mol. The molecule has 8 heteroatoms. The first kappa shape index (κ1) is 13.5. The van der Waals surface area contributed by atoms with Crippen LogP contribution >= 0.6 is 0 Å². The van der Waals surface area contributed by atoms with Crippen molar-refractivity contribution in [1.29, 1.82) is 0 Å². The summed E-state index contributed by atoms with van der Waals surface area (Å²) in [6.07, 6.45) is 3.15. The van der Waals surface area contributed by atoms with Crippen LogP contribution in [0.15, 0.2) is 6.33 Å². The predicted octanol–water partition coefficient (Wildman–Crippen LogP) is 0.772. The summed E-state index contributed by atoms with van der Waals surface area (Å²) < 4.78 is 10.2. The molecular weight excluding hydrogens is 252 g/mol. The van der Waals surface area contributed by atoms with Crippen LogP contribution in [0.2, 0.25) is 0 Å². The van der Waals surface area contributed by atoms with Gasteiger partial charge in [0.25, 0.3) is 0 Å². The average molecular weight is 268 g/mol. The molecule has 2 rings (SSSR count). The van der Waals surface area contributed by atoms with Gasteiger partial charge in [-0.3, -0.25) is 10.1 Å². The molecule has 1 fully saturated rings. The molecule has 19 heavy (non-hydrogen) atoms. The number of aromatic nitrogens is 2. The minimum atomic E-state index is -0.592. The number of nitro groups is 1. The molecule has 0 amide bonds. The van der Waals surface area contributed by atoms with Crippen molar-refractivity contribution in [3.05, 3.63) is 16.4 Å². The summed E-state index contributed by atoms with van der Waals surface area (Å²) in [6.45, 7) is 2.39. The van der Waals surface area contributed by atoms with E-state index in [0.717, 1.165) is 25.9 Å². The van der Waals surface area contributed by atoms with Gasteiger partial charge in [0, 0.05) is 0 Å². The van der Waals surface area contributed by atoms with Gasteiger partial charge in [-0.05, 0) is 31.8 Å². The Balaban J connectivity index is 2.00. The van der Waals surface area contributed by atoms with E-state index in [0.29, 0.717) is 12.5 Å². The normalized spacial score (nSPS) is 18.3. The van der Waals surface area contributed by atoms with Crippen LogP contribution in [-0.4, -0.2) is 41.7 Å². The van der Waals surface area contributed by atoms with Gasteiger partial charge in [-0.1, -0.05) is 0 Å². The van der Waals surface area contributed by atoms with Crippen molar-refractivity contribution in [3.8, 4) is 11.8 Å². The van der Waals surface area contributed by atoms with Crippen LogP contribution in [0.4, 0.5) is 5.69 Å². The van der Waals surface area contributed by atoms with E-state index in [1.165, 1.54) is 13.4 Å². The van der Waals surface area contributed by atoms with Gasteiger partial charge in [-0.25, -0.2) is 0 Å². The second-order valence-corrected chi connectivity index (χ2v) is 4.29. The van der Waals surface area contributed by atoms with Crippen LogP contribution in [0.3, 0.4) is 0 Å². The fraction of sp³-hybridized carbons (Fsp3) is 0.636. The molecule has 0 aliphatic carbocycles. The largest absolute Gasteiger partial charge is 0.476 e. The lowest BCUT2D eigenvalue weighted by Crippen LogP contribution is -2.12. The quantitative estimate of drug-likeness (QED) is 0.600. The highest BCUT2D eigenvalue weighted by atomic mass is 16.6. The van der Waals surface area contributed by atoms with Crippen molar-refractivity contribution in [2.45, 2.75) is 12.8 Å². The van der Waals surface area contributed by atoms with Crippen molar-refractivity contribution in [2.75, 3.05) is 26.8 Å². The Bertz CT molecular complexity index is 448. The number of hydrogen-bond donors (Lipinski definition) is 1. The zero-order chi connectivity index (χ0) is 13.7. The van der Waals surface area contributed by atoms with Gasteiger partial charge in [0.05, 0.1) is 18.6 Å². The Hall–Kier alpha value is -1.96. The number of rotatable bonds is 6. The molecule has 1 saturated heterocycles. The molecule has 1 aliphatic heterocycles. The van der Waals surface area contributed by atoms with Gasteiger partial charge >= 0.3 is 17.4 Å². The summed E-state index contributed by atoms with van der Waals surface area (Å²) in [5, 5.41) is 14.2. The van der Waals surface area contributed by atoms with Crippen molar-refractivity contribution >= 4 is 5.69 Å². The van der Waals surface area contributed by atoms with E-state index in [2.05, 4.69) is 15.3 Å². The molecule has 0 spiro atoms. The van der Waals surface area contributed by atoms with Crippen molar-refractivity contribution in [2.24, 2.45) is 5.92 Å². The maximum absolute atomic E-state index is 11.0. The molecule has 1 aliphatic rings. The van der Waals surface area contributed by atoms with Gasteiger partial charge in [0.15, 0.2) is 0 Å². The van der Waals surface area contributed by atoms with Crippen molar-refractivity contribution in [3.63, 3.8) is 0 Å². The lowest BCUT2D eigenvalue weighted by Gasteiger charge is -2.10. The van der Waals surface area contributed by atoms with E-state index in [1.54, 1.807) is 0 Å². The summed E-state index contributed by atoms with van der Waals surface area (Å²) in [4.78, 5) is 17.9. The Kier molecular flexibility index (Phi) is 4.45. The molecule has 1 unspecified atom stereocenters. The summed E-state index contributed by atoms with van der Waals surface area (Å²) in [7, 11) is 1.32. The molecule has 1 N–H and O–H groups in total. The molecule has 1 aromatic heterocycles. The highest BCUT2D eigenvalue weighted by Crippen LogP contribution is 2.32. The number of nitrogens with one attached hydrogen (secondary N) is 1. The van der Waals surface area contributed by atoms with Gasteiger partial charge in [-0.2, -0.15) is 9.97 Å². The SMILES string of the molecule is COc1ncnc(OCCC2CCNC2)c1[N+](=O)[O-]. The summed E-state index contributed by atoms with van der Waals surface area (Å²) in [6, 6.07) is 0. The maximum atomic E-state index is 11.0. The average Bonchev–Trinajstić information content (AvgIpc) is 2.91. The second kappa shape index (κ2) is 6.28. The fourth-order valence-corrected chi connectivity index (χ4v) is 2.04. The molecule has 0 bridgehead atoms. The Morgan fingerprint density at radius 2 is 2.32 bits per heavy atom. The number of hydrogen-bond acceptors (Lipinski definition) is 7. The third-order valence-electron chi connectivity index (χ3n) is 3.06. The minimum absolute atomic E-state index is 0.0391. The van der Waals surface area contributed by atoms with Gasteiger partial charge in [0.1, 0.15) is 6.33 Å². The van der Waals surface area contributed by atoms with Crippen LogP contribution in [0, 0.1) is 16.0 Å². The van der Waals surface area contributed by atoms with E-state index >= 15 is 0 Å². The molecule has 1 atom stereocenters. The predicted molar refractivity (Wildman–Crippen MR) is 66.3 cm³/mol. The van der Waals surface area contributed by atoms with E-state index in [9.17, 15) is 10.1 Å². The summed E-state index contributed by atoms with van der Waals surface area (Å²) >= 11 is 0. The van der Waals surface area contributed by atoms with E-state index in [4.69, 9.17) is 9.47 Å². The number of nitrogens with zero attached hydrogens (tertiary/aromatic N) is 3. The Labute approximate surface area is 110 Å². The van der Waals surface area contributed by atoms with Crippen LogP contribution in [-0.2, 0) is 0 Å². The molecule has 104 valence electrons. The molecule has 0 aromatic carbocycles. The standard InChI is InChI=1S/C11H16N4O4/c1-18-10-9(15(16)17)11(14-7-13-10)19-5-3-8-2-4-12-6-8/h7-8,12H,2-6H2,1H3. The van der Waals surface area contributed by atoms with Crippen molar-refractivity contribution < 1.29 is 14.4 Å². The third kappa shape index (κ3) is 3.28. The fourth-order valence-electron chi connectivity index (χ4n) is 2.04. The summed E-state index contributed by atoms with van der Waals surface area (Å²) in [5.41, 5.74) is -0.324. The van der Waals surface area contributed by atoms with E-state index in [-0.39, 0.29) is 17.4 Å². The van der Waals surface area contributed by atoms with Gasteiger partial charge < -0.3 is 14.8 Å². The first-order chi connectivity index (χ1) is 9.22. The molecule has 1 aromatic rings. The molecule has 0 radical (unpaired) electrons. The molecule has 2 heterocycles. The number of ether oxygens (including phenoxy) is 2. The zero-order valence-corrected chi connectivity index (χ0v) is 10.7. The van der Waals surface area contributed by atoms with Crippen LogP contribution < -0.4 is 14.8 Å². The second-order valence-electron chi connectivity index (χ2n) is 4.29. The smallest absolute Gasteiger partial charge is 0.392 e. The minimum Gasteiger partial charge on any atom is -0.476 e. The van der Waals surface area contributed by atoms with Crippen molar-refractivity contribution in [1.82, 2.24) is 15.3 Å². The van der Waals surface area contributed by atoms with Crippen LogP contribution in [0.25, 0.3) is 0 Å². The van der Waals surface area contributed by atoms with E-state index < -0.39 is 4.92 Å². The van der Waals surface area contributed by atoms with E-state index in [1.807, 2.05) is 0 Å².